The van der Waals surface area contributed by atoms with Crippen LogP contribution in [0.5, 0.6) is 0 Å². The molecule has 21 heavy (non-hydrogen) atoms. The largest absolute Gasteiger partial charge is 0.314 e. The lowest BCUT2D eigenvalue weighted by Crippen LogP contribution is -2.45. The summed E-state index contributed by atoms with van der Waals surface area (Å²) in [7, 11) is 0. The van der Waals surface area contributed by atoms with Crippen LogP contribution in [0.2, 0.25) is 4.34 Å². The first-order valence-electron chi connectivity index (χ1n) is 6.80. The van der Waals surface area contributed by atoms with Crippen LogP contribution in [0.1, 0.15) is 16.5 Å². The summed E-state index contributed by atoms with van der Waals surface area (Å²) in [5, 5.41) is 3.35. The Morgan fingerprint density at radius 3 is 2.62 bits per heavy atom. The van der Waals surface area contributed by atoms with Gasteiger partial charge in [-0.3, -0.25) is 4.90 Å². The summed E-state index contributed by atoms with van der Waals surface area (Å²) in [6.07, 6.45) is 0. The molecule has 1 aliphatic rings. The molecule has 112 valence electrons. The van der Waals surface area contributed by atoms with Gasteiger partial charge in [-0.1, -0.05) is 17.7 Å². The molecule has 0 bridgehead atoms. The number of rotatable bonds is 3. The summed E-state index contributed by atoms with van der Waals surface area (Å²) in [4.78, 5) is 3.53. The molecular weight excluding hydrogens is 375 g/mol. The fourth-order valence-electron chi connectivity index (χ4n) is 2.65. The van der Waals surface area contributed by atoms with Gasteiger partial charge >= 0.3 is 0 Å². The van der Waals surface area contributed by atoms with Crippen molar-refractivity contribution >= 4 is 38.9 Å². The molecule has 2 nitrogen and oxygen atoms in total. The zero-order valence-corrected chi connectivity index (χ0v) is 14.4. The highest BCUT2D eigenvalue weighted by molar-refractivity contribution is 9.10. The Labute approximate surface area is 141 Å². The SMILES string of the molecule is Fc1cc([C@@H](c2ccc(Cl)s2)N2CCNCC2)ccc1Br. The number of hydrogen-bond donors (Lipinski definition) is 1. The highest BCUT2D eigenvalue weighted by Crippen LogP contribution is 2.36. The summed E-state index contributed by atoms with van der Waals surface area (Å²) in [5.41, 5.74) is 0.969. The van der Waals surface area contributed by atoms with Crippen molar-refractivity contribution in [2.75, 3.05) is 26.2 Å². The van der Waals surface area contributed by atoms with Crippen molar-refractivity contribution in [3.05, 3.63) is 55.4 Å². The number of thiophene rings is 1. The Morgan fingerprint density at radius 2 is 2.00 bits per heavy atom. The molecule has 0 aliphatic carbocycles. The molecule has 3 rings (SSSR count). The van der Waals surface area contributed by atoms with Crippen LogP contribution in [0.15, 0.2) is 34.8 Å². The zero-order valence-electron chi connectivity index (χ0n) is 11.3. The summed E-state index contributed by atoms with van der Waals surface area (Å²) in [6, 6.07) is 9.38. The molecule has 1 saturated heterocycles. The summed E-state index contributed by atoms with van der Waals surface area (Å²) in [6.45, 7) is 3.79. The Bertz CT molecular complexity index is 628. The number of halogens is 3. The Balaban J connectivity index is 2.00. The van der Waals surface area contributed by atoms with Crippen LogP contribution in [-0.4, -0.2) is 31.1 Å². The summed E-state index contributed by atoms with van der Waals surface area (Å²) >= 11 is 10.9. The van der Waals surface area contributed by atoms with E-state index in [0.717, 1.165) is 41.0 Å². The maximum atomic E-state index is 13.9. The Morgan fingerprint density at radius 1 is 1.24 bits per heavy atom. The second-order valence-corrected chi connectivity index (χ2v) is 7.60. The van der Waals surface area contributed by atoms with E-state index in [1.54, 1.807) is 23.5 Å². The average Bonchev–Trinajstić information content (AvgIpc) is 2.90. The lowest BCUT2D eigenvalue weighted by Gasteiger charge is -2.34. The molecule has 1 N–H and O–H groups in total. The molecule has 1 aromatic heterocycles. The van der Waals surface area contributed by atoms with Gasteiger partial charge in [0.15, 0.2) is 0 Å². The molecular formula is C15H15BrClFN2S. The van der Waals surface area contributed by atoms with Crippen LogP contribution < -0.4 is 5.32 Å². The van der Waals surface area contributed by atoms with Crippen LogP contribution in [0.4, 0.5) is 4.39 Å². The van der Waals surface area contributed by atoms with Gasteiger partial charge in [-0.15, -0.1) is 11.3 Å². The second kappa shape index (κ2) is 6.75. The zero-order chi connectivity index (χ0) is 14.8. The van der Waals surface area contributed by atoms with Gasteiger partial charge in [0.1, 0.15) is 5.82 Å². The third kappa shape index (κ3) is 3.48. The normalized spacial score (nSPS) is 17.9. The van der Waals surface area contributed by atoms with Crippen molar-refractivity contribution in [1.82, 2.24) is 10.2 Å². The maximum Gasteiger partial charge on any atom is 0.137 e. The molecule has 0 amide bonds. The van der Waals surface area contributed by atoms with Gasteiger partial charge in [0, 0.05) is 31.1 Å². The number of benzene rings is 1. The minimum absolute atomic E-state index is 0.0622. The molecule has 6 heteroatoms. The lowest BCUT2D eigenvalue weighted by molar-refractivity contribution is 0.200. The average molecular weight is 390 g/mol. The monoisotopic (exact) mass is 388 g/mol. The fraction of sp³-hybridized carbons (Fsp3) is 0.333. The highest BCUT2D eigenvalue weighted by Gasteiger charge is 2.25. The molecule has 0 saturated carbocycles. The standard InChI is InChI=1S/C15H15BrClFN2S/c16-11-2-1-10(9-12(11)18)15(13-3-4-14(17)21-13)20-7-5-19-6-8-20/h1-4,9,15,19H,5-8H2/t15-/m0/s1. The van der Waals surface area contributed by atoms with Crippen LogP contribution in [-0.2, 0) is 0 Å². The van der Waals surface area contributed by atoms with E-state index in [1.807, 2.05) is 18.2 Å². The number of nitrogens with one attached hydrogen (secondary N) is 1. The van der Waals surface area contributed by atoms with E-state index in [9.17, 15) is 4.39 Å². The summed E-state index contributed by atoms with van der Waals surface area (Å²) < 4.78 is 15.2. The maximum absolute atomic E-state index is 13.9. The molecule has 0 spiro atoms. The number of hydrogen-bond acceptors (Lipinski definition) is 3. The third-order valence-corrected chi connectivity index (χ3v) is 5.57. The van der Waals surface area contributed by atoms with Gasteiger partial charge in [0.05, 0.1) is 14.9 Å². The van der Waals surface area contributed by atoms with Crippen molar-refractivity contribution in [2.24, 2.45) is 0 Å². The Hall–Kier alpha value is -0.460. The first kappa shape index (κ1) is 15.4. The topological polar surface area (TPSA) is 15.3 Å². The predicted octanol–water partition coefficient (Wildman–Crippen LogP) is 4.30. The third-order valence-electron chi connectivity index (χ3n) is 3.64. The van der Waals surface area contributed by atoms with E-state index >= 15 is 0 Å². The lowest BCUT2D eigenvalue weighted by atomic mass is 10.0. The van der Waals surface area contributed by atoms with Gasteiger partial charge < -0.3 is 5.32 Å². The van der Waals surface area contributed by atoms with E-state index in [1.165, 1.54) is 0 Å². The van der Waals surface area contributed by atoms with Crippen LogP contribution in [0.3, 0.4) is 0 Å². The first-order chi connectivity index (χ1) is 10.1. The van der Waals surface area contributed by atoms with Crippen molar-refractivity contribution in [3.63, 3.8) is 0 Å². The predicted molar refractivity (Wildman–Crippen MR) is 89.7 cm³/mol. The molecule has 2 aromatic rings. The molecule has 1 fully saturated rings. The smallest absolute Gasteiger partial charge is 0.137 e. The van der Waals surface area contributed by atoms with E-state index < -0.39 is 0 Å². The van der Waals surface area contributed by atoms with E-state index in [-0.39, 0.29) is 11.9 Å². The van der Waals surface area contributed by atoms with Gasteiger partial charge in [0.25, 0.3) is 0 Å². The number of piperazine rings is 1. The quantitative estimate of drug-likeness (QED) is 0.842. The van der Waals surface area contributed by atoms with Crippen molar-refractivity contribution in [2.45, 2.75) is 6.04 Å². The minimum Gasteiger partial charge on any atom is -0.314 e. The van der Waals surface area contributed by atoms with Crippen molar-refractivity contribution in [3.8, 4) is 0 Å². The van der Waals surface area contributed by atoms with E-state index in [0.29, 0.717) is 4.47 Å². The molecule has 2 heterocycles. The molecule has 0 unspecified atom stereocenters. The van der Waals surface area contributed by atoms with E-state index in [2.05, 4.69) is 26.1 Å². The molecule has 1 aliphatic heterocycles. The first-order valence-corrected chi connectivity index (χ1v) is 8.79. The van der Waals surface area contributed by atoms with Gasteiger partial charge in [-0.2, -0.15) is 0 Å². The van der Waals surface area contributed by atoms with Gasteiger partial charge in [-0.25, -0.2) is 4.39 Å². The molecule has 0 radical (unpaired) electrons. The van der Waals surface area contributed by atoms with Gasteiger partial charge in [0.2, 0.25) is 0 Å². The van der Waals surface area contributed by atoms with Crippen LogP contribution in [0.25, 0.3) is 0 Å². The minimum atomic E-state index is -0.227. The molecule has 1 atom stereocenters. The van der Waals surface area contributed by atoms with Gasteiger partial charge in [-0.05, 0) is 45.8 Å². The van der Waals surface area contributed by atoms with Crippen LogP contribution >= 0.6 is 38.9 Å². The van der Waals surface area contributed by atoms with Crippen LogP contribution in [0, 0.1) is 5.82 Å². The fourth-order valence-corrected chi connectivity index (χ4v) is 4.12. The second-order valence-electron chi connectivity index (χ2n) is 5.00. The highest BCUT2D eigenvalue weighted by atomic mass is 79.9. The van der Waals surface area contributed by atoms with Crippen molar-refractivity contribution < 1.29 is 4.39 Å². The van der Waals surface area contributed by atoms with Crippen molar-refractivity contribution in [1.29, 1.82) is 0 Å². The molecule has 1 aromatic carbocycles. The summed E-state index contributed by atoms with van der Waals surface area (Å²) in [5.74, 6) is -0.227. The van der Waals surface area contributed by atoms with E-state index in [4.69, 9.17) is 11.6 Å². The Kier molecular flexibility index (Phi) is 4.96. The number of nitrogens with zero attached hydrogens (tertiary/aromatic N) is 1.